The molecule has 0 aromatic heterocycles. The molecule has 8 nitrogen and oxygen atoms in total. The number of non-ortho nitro benzene ring substituents is 1. The molecule has 2 aromatic carbocycles. The summed E-state index contributed by atoms with van der Waals surface area (Å²) in [5.41, 5.74) is 2.37. The first kappa shape index (κ1) is 16.9. The van der Waals surface area contributed by atoms with Crippen molar-refractivity contribution in [2.75, 3.05) is 16.5 Å². The van der Waals surface area contributed by atoms with E-state index in [1.807, 2.05) is 6.07 Å². The molecule has 0 N–H and O–H groups in total. The quantitative estimate of drug-likeness (QED) is 0.618. The average molecular weight is 364 g/mol. The molecule has 0 aliphatic carbocycles. The largest absolute Gasteiger partial charge is 0.307 e. The molecule has 0 fully saturated rings. The van der Waals surface area contributed by atoms with Crippen molar-refractivity contribution < 1.29 is 14.5 Å². The summed E-state index contributed by atoms with van der Waals surface area (Å²) < 4.78 is 0. The molecule has 0 spiro atoms. The molecule has 2 aliphatic rings. The number of nitro benzene ring substituents is 1. The fourth-order valence-electron chi connectivity index (χ4n) is 3.35. The van der Waals surface area contributed by atoms with Crippen molar-refractivity contribution in [2.24, 2.45) is 5.10 Å². The van der Waals surface area contributed by atoms with Gasteiger partial charge in [-0.25, -0.2) is 5.01 Å². The summed E-state index contributed by atoms with van der Waals surface area (Å²) in [6.07, 6.45) is 1.04. The van der Waals surface area contributed by atoms with Gasteiger partial charge in [-0.3, -0.25) is 19.7 Å². The number of nitrogens with zero attached hydrogens (tertiary/aromatic N) is 4. The molecule has 136 valence electrons. The number of amides is 2. The second kappa shape index (κ2) is 6.64. The van der Waals surface area contributed by atoms with E-state index in [1.165, 1.54) is 17.1 Å². The summed E-state index contributed by atoms with van der Waals surface area (Å²) in [6, 6.07) is 13.5. The number of para-hydroxylation sites is 1. The molecule has 0 saturated heterocycles. The lowest BCUT2D eigenvalue weighted by Crippen LogP contribution is -2.41. The van der Waals surface area contributed by atoms with Gasteiger partial charge in [0, 0.05) is 37.2 Å². The van der Waals surface area contributed by atoms with E-state index in [0.29, 0.717) is 30.1 Å². The van der Waals surface area contributed by atoms with Gasteiger partial charge in [-0.2, -0.15) is 5.10 Å². The Balaban J connectivity index is 1.62. The normalized spacial score (nSPS) is 16.1. The van der Waals surface area contributed by atoms with E-state index in [2.05, 4.69) is 5.10 Å². The number of anilines is 2. The predicted octanol–water partition coefficient (Wildman–Crippen LogP) is 2.67. The highest BCUT2D eigenvalue weighted by Crippen LogP contribution is 2.32. The van der Waals surface area contributed by atoms with Crippen LogP contribution in [0.1, 0.15) is 18.4 Å². The Hall–Kier alpha value is -3.55. The summed E-state index contributed by atoms with van der Waals surface area (Å²) in [5, 5.41) is 16.5. The second-order valence-corrected chi connectivity index (χ2v) is 6.36. The summed E-state index contributed by atoms with van der Waals surface area (Å²) in [5.74, 6) is -0.425. The van der Waals surface area contributed by atoms with Crippen molar-refractivity contribution in [1.82, 2.24) is 0 Å². The molecule has 2 aromatic rings. The highest BCUT2D eigenvalue weighted by atomic mass is 16.6. The lowest BCUT2D eigenvalue weighted by Gasteiger charge is -2.25. The minimum atomic E-state index is -0.445. The molecule has 27 heavy (non-hydrogen) atoms. The zero-order valence-corrected chi connectivity index (χ0v) is 14.4. The number of hydrogen-bond acceptors (Lipinski definition) is 5. The van der Waals surface area contributed by atoms with Gasteiger partial charge in [-0.05, 0) is 30.2 Å². The fourth-order valence-corrected chi connectivity index (χ4v) is 3.35. The van der Waals surface area contributed by atoms with Crippen LogP contribution in [0.2, 0.25) is 0 Å². The van der Waals surface area contributed by atoms with E-state index in [9.17, 15) is 19.7 Å². The van der Waals surface area contributed by atoms with Crippen LogP contribution in [0.15, 0.2) is 53.6 Å². The van der Waals surface area contributed by atoms with E-state index in [4.69, 9.17) is 0 Å². The molecule has 8 heteroatoms. The molecular weight excluding hydrogens is 348 g/mol. The van der Waals surface area contributed by atoms with Crippen molar-refractivity contribution in [1.29, 1.82) is 0 Å². The van der Waals surface area contributed by atoms with Crippen molar-refractivity contribution in [3.63, 3.8) is 0 Å². The topological polar surface area (TPSA) is 96.1 Å². The standard InChI is InChI=1S/C19H16N4O4/c24-18-9-7-16(20-22(18)14-4-2-1-3-5-14)19(25)21-11-10-13-12-15(23(26)27)6-8-17(13)21/h1-6,8,12H,7,9-11H2. The van der Waals surface area contributed by atoms with Crippen molar-refractivity contribution in [3.8, 4) is 0 Å². The predicted molar refractivity (Wildman–Crippen MR) is 99.8 cm³/mol. The van der Waals surface area contributed by atoms with E-state index in [0.717, 1.165) is 5.56 Å². The zero-order chi connectivity index (χ0) is 19.0. The third kappa shape index (κ3) is 3.05. The molecule has 0 atom stereocenters. The molecule has 0 bridgehead atoms. The van der Waals surface area contributed by atoms with Crippen LogP contribution in [0.5, 0.6) is 0 Å². The Morgan fingerprint density at radius 3 is 2.59 bits per heavy atom. The maximum absolute atomic E-state index is 13.0. The molecular formula is C19H16N4O4. The Bertz CT molecular complexity index is 971. The Labute approximate surface area is 154 Å². The number of carbonyl (C=O) groups excluding carboxylic acids is 2. The molecule has 2 aliphatic heterocycles. The zero-order valence-electron chi connectivity index (χ0n) is 14.4. The smallest absolute Gasteiger partial charge is 0.274 e. The summed E-state index contributed by atoms with van der Waals surface area (Å²) in [4.78, 5) is 37.3. The molecule has 0 saturated carbocycles. The van der Waals surface area contributed by atoms with Crippen LogP contribution in [0.4, 0.5) is 17.1 Å². The van der Waals surface area contributed by atoms with E-state index >= 15 is 0 Å². The van der Waals surface area contributed by atoms with Gasteiger partial charge in [0.1, 0.15) is 5.71 Å². The second-order valence-electron chi connectivity index (χ2n) is 6.36. The molecule has 4 rings (SSSR count). The number of nitro groups is 1. The number of benzene rings is 2. The van der Waals surface area contributed by atoms with Gasteiger partial charge in [0.15, 0.2) is 0 Å². The van der Waals surface area contributed by atoms with Gasteiger partial charge in [0.05, 0.1) is 10.6 Å². The van der Waals surface area contributed by atoms with Crippen molar-refractivity contribution >= 4 is 34.6 Å². The number of hydrazone groups is 1. The van der Waals surface area contributed by atoms with Gasteiger partial charge in [-0.1, -0.05) is 18.2 Å². The van der Waals surface area contributed by atoms with E-state index < -0.39 is 4.92 Å². The minimum absolute atomic E-state index is 0.0129. The molecule has 0 radical (unpaired) electrons. The van der Waals surface area contributed by atoms with Crippen molar-refractivity contribution in [3.05, 3.63) is 64.2 Å². The third-order valence-corrected chi connectivity index (χ3v) is 4.69. The highest BCUT2D eigenvalue weighted by molar-refractivity contribution is 6.45. The van der Waals surface area contributed by atoms with Gasteiger partial charge < -0.3 is 4.90 Å². The Morgan fingerprint density at radius 2 is 1.85 bits per heavy atom. The Kier molecular flexibility index (Phi) is 4.15. The van der Waals surface area contributed by atoms with Crippen LogP contribution < -0.4 is 9.91 Å². The van der Waals surface area contributed by atoms with Gasteiger partial charge in [0.25, 0.3) is 11.6 Å². The summed E-state index contributed by atoms with van der Waals surface area (Å²) in [6.45, 7) is 0.438. The van der Waals surface area contributed by atoms with Crippen LogP contribution in [-0.2, 0) is 16.0 Å². The number of hydrogen-bond donors (Lipinski definition) is 0. The number of carbonyl (C=O) groups is 2. The van der Waals surface area contributed by atoms with E-state index in [1.54, 1.807) is 35.2 Å². The first-order valence-corrected chi connectivity index (χ1v) is 8.59. The monoisotopic (exact) mass is 364 g/mol. The Morgan fingerprint density at radius 1 is 1.07 bits per heavy atom. The SMILES string of the molecule is O=C(C1=NN(c2ccccc2)C(=O)CC1)N1CCc2cc([N+](=O)[O-])ccc21. The highest BCUT2D eigenvalue weighted by Gasteiger charge is 2.32. The number of rotatable bonds is 3. The average Bonchev–Trinajstić information content (AvgIpc) is 3.11. The van der Waals surface area contributed by atoms with Gasteiger partial charge in [0.2, 0.25) is 5.91 Å². The maximum Gasteiger partial charge on any atom is 0.274 e. The molecule has 0 unspecified atom stereocenters. The van der Waals surface area contributed by atoms with E-state index in [-0.39, 0.29) is 30.3 Å². The van der Waals surface area contributed by atoms with Gasteiger partial charge >= 0.3 is 0 Å². The summed E-state index contributed by atoms with van der Waals surface area (Å²) in [7, 11) is 0. The van der Waals surface area contributed by atoms with Crippen molar-refractivity contribution in [2.45, 2.75) is 19.3 Å². The third-order valence-electron chi connectivity index (χ3n) is 4.69. The van der Waals surface area contributed by atoms with Crippen LogP contribution in [0.3, 0.4) is 0 Å². The van der Waals surface area contributed by atoms with Crippen LogP contribution in [0, 0.1) is 10.1 Å². The van der Waals surface area contributed by atoms with Crippen LogP contribution >= 0.6 is 0 Å². The molecule has 2 heterocycles. The fraction of sp³-hybridized carbons (Fsp3) is 0.211. The minimum Gasteiger partial charge on any atom is -0.307 e. The van der Waals surface area contributed by atoms with Gasteiger partial charge in [-0.15, -0.1) is 0 Å². The summed E-state index contributed by atoms with van der Waals surface area (Å²) >= 11 is 0. The first-order valence-electron chi connectivity index (χ1n) is 8.59. The molecule has 2 amide bonds. The first-order chi connectivity index (χ1) is 13.0. The van der Waals surface area contributed by atoms with Crippen LogP contribution in [0.25, 0.3) is 0 Å². The lowest BCUT2D eigenvalue weighted by molar-refractivity contribution is -0.384. The van der Waals surface area contributed by atoms with Crippen LogP contribution in [-0.4, -0.2) is 29.0 Å². The maximum atomic E-state index is 13.0. The number of fused-ring (bicyclic) bond motifs is 1. The lowest BCUT2D eigenvalue weighted by atomic mass is 10.1.